The average molecular weight is 327 g/mol. The van der Waals surface area contributed by atoms with E-state index in [1.54, 1.807) is 4.90 Å². The number of urea groups is 1. The summed E-state index contributed by atoms with van der Waals surface area (Å²) in [6.07, 6.45) is 3.28. The Morgan fingerprint density at radius 2 is 1.83 bits per heavy atom. The molecule has 3 heterocycles. The van der Waals surface area contributed by atoms with Crippen molar-refractivity contribution in [3.05, 3.63) is 24.3 Å². The highest BCUT2D eigenvalue weighted by atomic mass is 16.2. The van der Waals surface area contributed by atoms with Crippen molar-refractivity contribution < 1.29 is 9.59 Å². The number of fused-ring (bicyclic) bond motifs is 3. The molecule has 1 fully saturated rings. The maximum absolute atomic E-state index is 12.5. The lowest BCUT2D eigenvalue weighted by Crippen LogP contribution is -2.46. The van der Waals surface area contributed by atoms with Crippen LogP contribution in [-0.2, 0) is 11.3 Å². The molecule has 1 aromatic carbocycles. The summed E-state index contributed by atoms with van der Waals surface area (Å²) in [7, 11) is 0. The standard InChI is InChI=1S/C17H21N5O2/c23-15(20-8-4-1-5-9-20)12-18-17(24)22-11-10-21-14-7-3-2-6-13(14)19-16(21)22/h2-3,6-7H,1,4-5,8-12H2,(H,18,24). The van der Waals surface area contributed by atoms with Gasteiger partial charge in [0.05, 0.1) is 17.6 Å². The first kappa shape index (κ1) is 15.0. The number of carbonyl (C=O) groups excluding carboxylic acids is 2. The fraction of sp³-hybridized carbons (Fsp3) is 0.471. The maximum Gasteiger partial charge on any atom is 0.324 e. The van der Waals surface area contributed by atoms with E-state index in [0.29, 0.717) is 12.5 Å². The molecule has 2 aliphatic rings. The van der Waals surface area contributed by atoms with Gasteiger partial charge in [0.15, 0.2) is 0 Å². The molecule has 0 unspecified atom stereocenters. The number of rotatable bonds is 2. The van der Waals surface area contributed by atoms with E-state index in [-0.39, 0.29) is 18.5 Å². The molecule has 0 saturated carbocycles. The number of hydrogen-bond acceptors (Lipinski definition) is 3. The number of aromatic nitrogens is 2. The number of para-hydroxylation sites is 2. The Hall–Kier alpha value is -2.57. The highest BCUT2D eigenvalue weighted by Crippen LogP contribution is 2.26. The third-order valence-corrected chi connectivity index (χ3v) is 4.77. The number of carbonyl (C=O) groups is 2. The Morgan fingerprint density at radius 3 is 2.67 bits per heavy atom. The predicted octanol–water partition coefficient (Wildman–Crippen LogP) is 1.58. The van der Waals surface area contributed by atoms with Gasteiger partial charge in [-0.1, -0.05) is 12.1 Å². The summed E-state index contributed by atoms with van der Waals surface area (Å²) < 4.78 is 2.04. The third kappa shape index (κ3) is 2.60. The summed E-state index contributed by atoms with van der Waals surface area (Å²) in [4.78, 5) is 32.6. The lowest BCUT2D eigenvalue weighted by molar-refractivity contribution is -0.130. The molecule has 4 rings (SSSR count). The SMILES string of the molecule is O=C(CNC(=O)N1CCn2c1nc1ccccc12)N1CCCCC1. The summed E-state index contributed by atoms with van der Waals surface area (Å²) >= 11 is 0. The van der Waals surface area contributed by atoms with Crippen molar-refractivity contribution in [3.63, 3.8) is 0 Å². The van der Waals surface area contributed by atoms with Gasteiger partial charge in [0.1, 0.15) is 0 Å². The Morgan fingerprint density at radius 1 is 1.04 bits per heavy atom. The van der Waals surface area contributed by atoms with Gasteiger partial charge in [0.25, 0.3) is 0 Å². The minimum Gasteiger partial charge on any atom is -0.341 e. The molecule has 1 N–H and O–H groups in total. The van der Waals surface area contributed by atoms with Crippen molar-refractivity contribution in [2.75, 3.05) is 31.1 Å². The number of benzene rings is 1. The summed E-state index contributed by atoms with van der Waals surface area (Å²) in [5, 5.41) is 2.75. The van der Waals surface area contributed by atoms with Crippen molar-refractivity contribution in [2.45, 2.75) is 25.8 Å². The van der Waals surface area contributed by atoms with Gasteiger partial charge in [-0.3, -0.25) is 9.69 Å². The largest absolute Gasteiger partial charge is 0.341 e. The van der Waals surface area contributed by atoms with Crippen LogP contribution in [0.3, 0.4) is 0 Å². The number of amides is 3. The number of likely N-dealkylation sites (tertiary alicyclic amines) is 1. The molecule has 1 aromatic heterocycles. The fourth-order valence-electron chi connectivity index (χ4n) is 3.48. The van der Waals surface area contributed by atoms with Crippen LogP contribution in [0.15, 0.2) is 24.3 Å². The van der Waals surface area contributed by atoms with Gasteiger partial charge in [-0.15, -0.1) is 0 Å². The van der Waals surface area contributed by atoms with Crippen LogP contribution in [-0.4, -0.2) is 52.6 Å². The van der Waals surface area contributed by atoms with Gasteiger partial charge in [-0.05, 0) is 31.4 Å². The maximum atomic E-state index is 12.5. The summed E-state index contributed by atoms with van der Waals surface area (Å²) in [5.41, 5.74) is 1.92. The Bertz CT molecular complexity index is 778. The van der Waals surface area contributed by atoms with E-state index in [1.807, 2.05) is 33.7 Å². The molecule has 0 spiro atoms. The lowest BCUT2D eigenvalue weighted by atomic mass is 10.1. The zero-order chi connectivity index (χ0) is 16.5. The van der Waals surface area contributed by atoms with Crippen LogP contribution in [0.1, 0.15) is 19.3 Å². The topological polar surface area (TPSA) is 70.5 Å². The first-order valence-corrected chi connectivity index (χ1v) is 8.52. The molecule has 0 bridgehead atoms. The minimum absolute atomic E-state index is 0.00394. The number of hydrogen-bond donors (Lipinski definition) is 1. The summed E-state index contributed by atoms with van der Waals surface area (Å²) in [6.45, 7) is 2.96. The molecule has 7 heteroatoms. The van der Waals surface area contributed by atoms with Gasteiger partial charge in [0, 0.05) is 26.2 Å². The predicted molar refractivity (Wildman–Crippen MR) is 90.9 cm³/mol. The van der Waals surface area contributed by atoms with Crippen LogP contribution in [0.5, 0.6) is 0 Å². The summed E-state index contributed by atoms with van der Waals surface area (Å²) in [6, 6.07) is 7.60. The first-order chi connectivity index (χ1) is 11.7. The van der Waals surface area contributed by atoms with E-state index in [2.05, 4.69) is 10.3 Å². The Balaban J connectivity index is 1.42. The van der Waals surface area contributed by atoms with Crippen LogP contribution in [0, 0.1) is 0 Å². The average Bonchev–Trinajstić information content (AvgIpc) is 3.19. The molecule has 0 aliphatic carbocycles. The van der Waals surface area contributed by atoms with Crippen LogP contribution in [0.4, 0.5) is 10.7 Å². The Kier molecular flexibility index (Phi) is 3.84. The Labute approximate surface area is 140 Å². The smallest absolute Gasteiger partial charge is 0.324 e. The van der Waals surface area contributed by atoms with Crippen LogP contribution >= 0.6 is 0 Å². The van der Waals surface area contributed by atoms with E-state index >= 15 is 0 Å². The van der Waals surface area contributed by atoms with Crippen LogP contribution in [0.2, 0.25) is 0 Å². The fourth-order valence-corrected chi connectivity index (χ4v) is 3.48. The van der Waals surface area contributed by atoms with Gasteiger partial charge in [-0.25, -0.2) is 9.78 Å². The van der Waals surface area contributed by atoms with Crippen molar-refractivity contribution in [3.8, 4) is 0 Å². The molecular formula is C17H21N5O2. The number of piperidine rings is 1. The van der Waals surface area contributed by atoms with Gasteiger partial charge in [0.2, 0.25) is 11.9 Å². The van der Waals surface area contributed by atoms with E-state index in [1.165, 1.54) is 6.42 Å². The minimum atomic E-state index is -0.255. The van der Waals surface area contributed by atoms with Crippen molar-refractivity contribution in [2.24, 2.45) is 0 Å². The second kappa shape index (κ2) is 6.14. The van der Waals surface area contributed by atoms with Crippen molar-refractivity contribution in [1.29, 1.82) is 0 Å². The molecule has 2 aliphatic heterocycles. The number of imidazole rings is 1. The van der Waals surface area contributed by atoms with E-state index in [9.17, 15) is 9.59 Å². The van der Waals surface area contributed by atoms with Crippen molar-refractivity contribution >= 4 is 28.9 Å². The normalized spacial score (nSPS) is 17.2. The number of nitrogens with one attached hydrogen (secondary N) is 1. The molecule has 0 radical (unpaired) electrons. The third-order valence-electron chi connectivity index (χ3n) is 4.77. The molecule has 3 amide bonds. The van der Waals surface area contributed by atoms with E-state index < -0.39 is 0 Å². The second-order valence-corrected chi connectivity index (χ2v) is 6.30. The van der Waals surface area contributed by atoms with E-state index in [4.69, 9.17) is 0 Å². The molecule has 2 aromatic rings. The van der Waals surface area contributed by atoms with Crippen LogP contribution in [0.25, 0.3) is 11.0 Å². The molecule has 24 heavy (non-hydrogen) atoms. The first-order valence-electron chi connectivity index (χ1n) is 8.52. The number of nitrogens with zero attached hydrogens (tertiary/aromatic N) is 4. The zero-order valence-electron chi connectivity index (χ0n) is 13.6. The summed E-state index contributed by atoms with van der Waals surface area (Å²) in [5.74, 6) is 0.648. The van der Waals surface area contributed by atoms with Gasteiger partial charge in [-0.2, -0.15) is 0 Å². The molecule has 1 saturated heterocycles. The molecule has 7 nitrogen and oxygen atoms in total. The van der Waals surface area contributed by atoms with Crippen LogP contribution < -0.4 is 10.2 Å². The molecule has 0 atom stereocenters. The molecule has 126 valence electrons. The highest BCUT2D eigenvalue weighted by Gasteiger charge is 2.28. The second-order valence-electron chi connectivity index (χ2n) is 6.30. The quantitative estimate of drug-likeness (QED) is 0.910. The number of anilines is 1. The van der Waals surface area contributed by atoms with Gasteiger partial charge >= 0.3 is 6.03 Å². The molecular weight excluding hydrogens is 306 g/mol. The lowest BCUT2D eigenvalue weighted by Gasteiger charge is -2.27. The van der Waals surface area contributed by atoms with E-state index in [0.717, 1.165) is 43.5 Å². The monoisotopic (exact) mass is 327 g/mol. The zero-order valence-corrected chi connectivity index (χ0v) is 13.6. The van der Waals surface area contributed by atoms with Crippen molar-refractivity contribution in [1.82, 2.24) is 19.8 Å². The highest BCUT2D eigenvalue weighted by molar-refractivity contribution is 5.95. The van der Waals surface area contributed by atoms with Gasteiger partial charge < -0.3 is 14.8 Å².